The highest BCUT2D eigenvalue weighted by atomic mass is 32.1. The number of nitrogens with one attached hydrogen (secondary N) is 1. The van der Waals surface area contributed by atoms with Crippen molar-refractivity contribution < 1.29 is 18.7 Å². The van der Waals surface area contributed by atoms with Crippen molar-refractivity contribution in [2.75, 3.05) is 11.9 Å². The first kappa shape index (κ1) is 21.0. The summed E-state index contributed by atoms with van der Waals surface area (Å²) in [6.45, 7) is 3.96. The Hall–Kier alpha value is -3.27. The Labute approximate surface area is 182 Å². The van der Waals surface area contributed by atoms with Crippen LogP contribution in [0, 0.1) is 5.92 Å². The van der Waals surface area contributed by atoms with Gasteiger partial charge in [0.1, 0.15) is 11.5 Å². The van der Waals surface area contributed by atoms with Crippen LogP contribution in [0.1, 0.15) is 41.1 Å². The minimum Gasteiger partial charge on any atom is -0.462 e. The number of hydrogen-bond donors (Lipinski definition) is 1. The van der Waals surface area contributed by atoms with Crippen molar-refractivity contribution >= 4 is 28.2 Å². The first-order valence-corrected chi connectivity index (χ1v) is 10.9. The predicted molar refractivity (Wildman–Crippen MR) is 114 cm³/mol. The summed E-state index contributed by atoms with van der Waals surface area (Å²) >= 11 is 1.41. The summed E-state index contributed by atoms with van der Waals surface area (Å²) in [5.41, 5.74) is 1.59. The Kier molecular flexibility index (Phi) is 5.99. The van der Waals surface area contributed by atoms with Gasteiger partial charge < -0.3 is 19.0 Å². The molecule has 0 fully saturated rings. The minimum atomic E-state index is -0.430. The molecule has 3 aromatic rings. The standard InChI is InChI=1S/C21H22N4O5S/c1-3-29-21(28)18-14-6-4-12(2)8-15(14)31-20(18)23-16(26)10-25-9-13(5-7-17(25)27)19-24-22-11-30-19/h5,7,9,11-12H,3-4,6,8,10H2,1-2H3,(H,23,26)/t12-/m0/s1. The lowest BCUT2D eigenvalue weighted by Gasteiger charge is -2.18. The van der Waals surface area contributed by atoms with E-state index in [1.54, 1.807) is 13.0 Å². The van der Waals surface area contributed by atoms with Crippen LogP contribution < -0.4 is 10.9 Å². The number of thiophene rings is 1. The molecule has 3 aromatic heterocycles. The van der Waals surface area contributed by atoms with Crippen LogP contribution in [0.25, 0.3) is 11.5 Å². The molecule has 0 radical (unpaired) electrons. The van der Waals surface area contributed by atoms with Crippen LogP contribution in [0.4, 0.5) is 5.00 Å². The second-order valence-electron chi connectivity index (χ2n) is 7.45. The van der Waals surface area contributed by atoms with E-state index < -0.39 is 11.9 Å². The van der Waals surface area contributed by atoms with Crippen molar-refractivity contribution in [2.24, 2.45) is 5.92 Å². The van der Waals surface area contributed by atoms with Gasteiger partial charge in [0.25, 0.3) is 5.56 Å². The van der Waals surface area contributed by atoms with Crippen LogP contribution in [-0.4, -0.2) is 33.2 Å². The highest BCUT2D eigenvalue weighted by Crippen LogP contribution is 2.40. The normalized spacial score (nSPS) is 15.4. The molecule has 1 amide bonds. The summed E-state index contributed by atoms with van der Waals surface area (Å²) in [6.07, 6.45) is 5.31. The predicted octanol–water partition coefficient (Wildman–Crippen LogP) is 2.90. The summed E-state index contributed by atoms with van der Waals surface area (Å²) in [4.78, 5) is 38.7. The number of anilines is 1. The zero-order valence-electron chi connectivity index (χ0n) is 17.2. The molecule has 0 saturated carbocycles. The van der Waals surface area contributed by atoms with E-state index in [1.807, 2.05) is 0 Å². The highest BCUT2D eigenvalue weighted by Gasteiger charge is 2.29. The summed E-state index contributed by atoms with van der Waals surface area (Å²) in [5.74, 6) is -0.0723. The fourth-order valence-electron chi connectivity index (χ4n) is 3.66. The Balaban J connectivity index is 1.58. The zero-order chi connectivity index (χ0) is 22.0. The maximum Gasteiger partial charge on any atom is 0.341 e. The van der Waals surface area contributed by atoms with E-state index in [0.717, 1.165) is 29.7 Å². The number of carbonyl (C=O) groups excluding carboxylic acids is 2. The fourth-order valence-corrected chi connectivity index (χ4v) is 5.07. The number of pyridine rings is 1. The quantitative estimate of drug-likeness (QED) is 0.584. The van der Waals surface area contributed by atoms with Gasteiger partial charge in [-0.15, -0.1) is 21.5 Å². The first-order chi connectivity index (χ1) is 15.0. The molecular weight excluding hydrogens is 420 g/mol. The van der Waals surface area contributed by atoms with Gasteiger partial charge in [0.05, 0.1) is 17.7 Å². The number of amides is 1. The monoisotopic (exact) mass is 442 g/mol. The minimum absolute atomic E-state index is 0.220. The highest BCUT2D eigenvalue weighted by molar-refractivity contribution is 7.17. The number of aromatic nitrogens is 3. The Morgan fingerprint density at radius 3 is 2.97 bits per heavy atom. The number of hydrogen-bond acceptors (Lipinski definition) is 8. The van der Waals surface area contributed by atoms with E-state index >= 15 is 0 Å². The van der Waals surface area contributed by atoms with Crippen LogP contribution in [0.15, 0.2) is 33.9 Å². The van der Waals surface area contributed by atoms with E-state index in [1.165, 1.54) is 34.6 Å². The molecular formula is C21H22N4O5S. The van der Waals surface area contributed by atoms with E-state index in [2.05, 4.69) is 22.4 Å². The number of esters is 1. The van der Waals surface area contributed by atoms with Crippen molar-refractivity contribution in [3.63, 3.8) is 0 Å². The van der Waals surface area contributed by atoms with Crippen molar-refractivity contribution in [1.82, 2.24) is 14.8 Å². The van der Waals surface area contributed by atoms with Gasteiger partial charge in [-0.1, -0.05) is 6.92 Å². The molecule has 1 aliphatic rings. The van der Waals surface area contributed by atoms with Gasteiger partial charge in [0, 0.05) is 17.1 Å². The average molecular weight is 442 g/mol. The molecule has 1 atom stereocenters. The third-order valence-electron chi connectivity index (χ3n) is 5.15. The molecule has 0 aliphatic heterocycles. The molecule has 0 spiro atoms. The van der Waals surface area contributed by atoms with Crippen LogP contribution in [0.5, 0.6) is 0 Å². The van der Waals surface area contributed by atoms with Gasteiger partial charge in [-0.3, -0.25) is 9.59 Å². The molecule has 9 nitrogen and oxygen atoms in total. The molecule has 0 saturated heterocycles. The second kappa shape index (κ2) is 8.84. The molecule has 31 heavy (non-hydrogen) atoms. The molecule has 0 aromatic carbocycles. The number of ether oxygens (including phenoxy) is 1. The van der Waals surface area contributed by atoms with Gasteiger partial charge in [0.2, 0.25) is 18.2 Å². The zero-order valence-corrected chi connectivity index (χ0v) is 18.0. The van der Waals surface area contributed by atoms with Crippen molar-refractivity contribution in [2.45, 2.75) is 39.7 Å². The van der Waals surface area contributed by atoms with Crippen molar-refractivity contribution in [1.29, 1.82) is 0 Å². The first-order valence-electron chi connectivity index (χ1n) is 10.0. The maximum atomic E-state index is 12.8. The Morgan fingerprint density at radius 2 is 2.23 bits per heavy atom. The van der Waals surface area contributed by atoms with E-state index in [9.17, 15) is 14.4 Å². The molecule has 3 heterocycles. The van der Waals surface area contributed by atoms with Crippen molar-refractivity contribution in [3.8, 4) is 11.5 Å². The lowest BCUT2D eigenvalue weighted by atomic mass is 9.88. The van der Waals surface area contributed by atoms with E-state index in [0.29, 0.717) is 22.0 Å². The molecule has 4 rings (SSSR count). The summed E-state index contributed by atoms with van der Waals surface area (Å²) in [7, 11) is 0. The van der Waals surface area contributed by atoms with Gasteiger partial charge in [-0.2, -0.15) is 0 Å². The van der Waals surface area contributed by atoms with Gasteiger partial charge in [-0.25, -0.2) is 4.79 Å². The summed E-state index contributed by atoms with van der Waals surface area (Å²) < 4.78 is 11.6. The van der Waals surface area contributed by atoms with Crippen LogP contribution in [-0.2, 0) is 28.9 Å². The number of carbonyl (C=O) groups is 2. The molecule has 1 N–H and O–H groups in total. The smallest absolute Gasteiger partial charge is 0.341 e. The second-order valence-corrected chi connectivity index (χ2v) is 8.56. The molecule has 10 heteroatoms. The van der Waals surface area contributed by atoms with Gasteiger partial charge in [-0.05, 0) is 43.7 Å². The van der Waals surface area contributed by atoms with Gasteiger partial charge >= 0.3 is 5.97 Å². The lowest BCUT2D eigenvalue weighted by Crippen LogP contribution is -2.27. The Bertz CT molecular complexity index is 1170. The number of nitrogens with zero attached hydrogens (tertiary/aromatic N) is 3. The van der Waals surface area contributed by atoms with E-state index in [4.69, 9.17) is 9.15 Å². The van der Waals surface area contributed by atoms with Crippen LogP contribution >= 0.6 is 11.3 Å². The lowest BCUT2D eigenvalue weighted by molar-refractivity contribution is -0.116. The molecule has 0 bridgehead atoms. The average Bonchev–Trinajstić information content (AvgIpc) is 3.37. The maximum absolute atomic E-state index is 12.8. The number of rotatable bonds is 6. The van der Waals surface area contributed by atoms with Gasteiger partial charge in [0.15, 0.2) is 0 Å². The third-order valence-corrected chi connectivity index (χ3v) is 6.32. The molecule has 162 valence electrons. The SMILES string of the molecule is CCOC(=O)c1c(NC(=O)Cn2cc(-c3nnco3)ccc2=O)sc2c1CC[C@H](C)C2. The van der Waals surface area contributed by atoms with E-state index in [-0.39, 0.29) is 24.6 Å². The van der Waals surface area contributed by atoms with Crippen LogP contribution in [0.3, 0.4) is 0 Å². The van der Waals surface area contributed by atoms with Crippen LogP contribution in [0.2, 0.25) is 0 Å². The summed E-state index contributed by atoms with van der Waals surface area (Å²) in [6, 6.07) is 2.89. The Morgan fingerprint density at radius 1 is 1.39 bits per heavy atom. The fraction of sp³-hybridized carbons (Fsp3) is 0.381. The molecule has 1 aliphatic carbocycles. The molecule has 0 unspecified atom stereocenters. The topological polar surface area (TPSA) is 116 Å². The van der Waals surface area contributed by atoms with Crippen molar-refractivity contribution in [3.05, 3.63) is 51.1 Å². The third kappa shape index (κ3) is 4.43. The number of fused-ring (bicyclic) bond motifs is 1. The summed E-state index contributed by atoms with van der Waals surface area (Å²) in [5, 5.41) is 10.7. The largest absolute Gasteiger partial charge is 0.462 e.